The van der Waals surface area contributed by atoms with Crippen molar-refractivity contribution >= 4 is 39.5 Å². The minimum Gasteiger partial charge on any atom is -0.342 e. The van der Waals surface area contributed by atoms with Crippen LogP contribution in [0.15, 0.2) is 82.5 Å². The quantitative estimate of drug-likeness (QED) is 0.315. The van der Waals surface area contributed by atoms with Crippen molar-refractivity contribution in [1.82, 2.24) is 14.5 Å². The van der Waals surface area contributed by atoms with Crippen molar-refractivity contribution in [2.75, 3.05) is 0 Å². The molecule has 0 spiro atoms. The Bertz CT molecular complexity index is 1670. The molecule has 0 amide bonds. The fraction of sp³-hybridized carbons (Fsp3) is 0.0400. The van der Waals surface area contributed by atoms with Gasteiger partial charge in [-0.15, -0.1) is 0 Å². The summed E-state index contributed by atoms with van der Waals surface area (Å²) < 4.78 is 2.12. The molecule has 0 aliphatic heterocycles. The number of aromatic nitrogens is 3. The van der Waals surface area contributed by atoms with Crippen LogP contribution in [0.2, 0.25) is 0 Å². The van der Waals surface area contributed by atoms with Crippen LogP contribution < -0.4 is 11.2 Å². The first-order valence-electron chi connectivity index (χ1n) is 10.2. The van der Waals surface area contributed by atoms with Crippen molar-refractivity contribution in [3.8, 4) is 0 Å². The highest BCUT2D eigenvalue weighted by atomic mass is 16.6. The predicted molar refractivity (Wildman–Crippen MR) is 128 cm³/mol. The van der Waals surface area contributed by atoms with Crippen LogP contribution in [0.4, 0.5) is 5.69 Å². The Kier molecular flexibility index (Phi) is 4.95. The maximum absolute atomic E-state index is 11.9. The highest BCUT2D eigenvalue weighted by molar-refractivity contribution is 5.92. The average Bonchev–Trinajstić information content (AvgIpc) is 3.15. The van der Waals surface area contributed by atoms with E-state index in [0.717, 1.165) is 21.9 Å². The maximum atomic E-state index is 11.9. The van der Waals surface area contributed by atoms with Crippen LogP contribution in [0.5, 0.6) is 0 Å². The lowest BCUT2D eigenvalue weighted by Gasteiger charge is -2.09. The molecule has 2 aromatic heterocycles. The number of hydrogen-bond acceptors (Lipinski definition) is 4. The lowest BCUT2D eigenvalue weighted by molar-refractivity contribution is -0.386. The van der Waals surface area contributed by atoms with Gasteiger partial charge in [-0.25, -0.2) is 4.79 Å². The highest BCUT2D eigenvalue weighted by Gasteiger charge is 2.19. The topological polar surface area (TPSA) is 114 Å². The Morgan fingerprint density at radius 1 is 0.879 bits per heavy atom. The first-order valence-corrected chi connectivity index (χ1v) is 10.2. The summed E-state index contributed by atoms with van der Waals surface area (Å²) in [5.74, 6) is 0. The number of fused-ring (bicyclic) bond motifs is 2. The molecule has 5 aromatic rings. The molecule has 8 nitrogen and oxygen atoms in total. The van der Waals surface area contributed by atoms with E-state index in [1.54, 1.807) is 6.08 Å². The van der Waals surface area contributed by atoms with Gasteiger partial charge in [0.1, 0.15) is 5.69 Å². The number of aromatic amines is 2. The lowest BCUT2D eigenvalue weighted by atomic mass is 10.0. The minimum atomic E-state index is -1.04. The number of para-hydroxylation sites is 1. The van der Waals surface area contributed by atoms with E-state index in [-0.39, 0.29) is 5.69 Å². The largest absolute Gasteiger partial charge is 0.357 e. The summed E-state index contributed by atoms with van der Waals surface area (Å²) in [6, 6.07) is 22.3. The van der Waals surface area contributed by atoms with Crippen LogP contribution in [0, 0.1) is 10.1 Å². The van der Waals surface area contributed by atoms with Gasteiger partial charge in [-0.05, 0) is 28.5 Å². The molecule has 0 saturated carbocycles. The molecule has 0 radical (unpaired) electrons. The van der Waals surface area contributed by atoms with Crippen molar-refractivity contribution in [1.29, 1.82) is 0 Å². The molecule has 162 valence electrons. The molecular formula is C25H18N4O4. The van der Waals surface area contributed by atoms with Crippen molar-refractivity contribution in [2.45, 2.75) is 6.54 Å². The number of hydrogen-bond donors (Lipinski definition) is 2. The summed E-state index contributed by atoms with van der Waals surface area (Å²) in [5, 5.41) is 14.6. The number of nitro groups is 1. The monoisotopic (exact) mass is 438 g/mol. The van der Waals surface area contributed by atoms with Crippen LogP contribution in [-0.4, -0.2) is 19.5 Å². The van der Waals surface area contributed by atoms with Crippen LogP contribution in [0.3, 0.4) is 0 Å². The molecule has 3 aromatic carbocycles. The van der Waals surface area contributed by atoms with Gasteiger partial charge in [-0.1, -0.05) is 66.7 Å². The Labute approximate surface area is 186 Å². The zero-order chi connectivity index (χ0) is 22.9. The van der Waals surface area contributed by atoms with E-state index in [2.05, 4.69) is 33.8 Å². The van der Waals surface area contributed by atoms with E-state index in [0.29, 0.717) is 6.54 Å². The van der Waals surface area contributed by atoms with Crippen LogP contribution in [0.1, 0.15) is 16.8 Å². The third-order valence-corrected chi connectivity index (χ3v) is 5.60. The molecule has 0 aliphatic carbocycles. The summed E-state index contributed by atoms with van der Waals surface area (Å²) in [6.45, 7) is 0.637. The smallest absolute Gasteiger partial charge is 0.342 e. The second-order valence-corrected chi connectivity index (χ2v) is 7.63. The van der Waals surface area contributed by atoms with Gasteiger partial charge in [0.15, 0.2) is 0 Å². The van der Waals surface area contributed by atoms with Gasteiger partial charge in [0.05, 0.1) is 4.92 Å². The van der Waals surface area contributed by atoms with E-state index in [9.17, 15) is 19.7 Å². The number of nitrogens with zero attached hydrogens (tertiary/aromatic N) is 2. The number of nitrogens with one attached hydrogen (secondary N) is 2. The zero-order valence-corrected chi connectivity index (χ0v) is 17.3. The molecule has 0 bridgehead atoms. The Hall–Kier alpha value is -4.72. The normalized spacial score (nSPS) is 11.5. The van der Waals surface area contributed by atoms with Gasteiger partial charge in [0.2, 0.25) is 0 Å². The van der Waals surface area contributed by atoms with E-state index in [1.807, 2.05) is 53.6 Å². The summed E-state index contributed by atoms with van der Waals surface area (Å²) in [6.07, 6.45) is 5.01. The van der Waals surface area contributed by atoms with E-state index in [4.69, 9.17) is 0 Å². The van der Waals surface area contributed by atoms with Crippen LogP contribution in [-0.2, 0) is 6.54 Å². The van der Waals surface area contributed by atoms with Gasteiger partial charge >= 0.3 is 16.9 Å². The summed E-state index contributed by atoms with van der Waals surface area (Å²) in [5.41, 5.74) is 0.273. The van der Waals surface area contributed by atoms with Crippen molar-refractivity contribution in [3.63, 3.8) is 0 Å². The highest BCUT2D eigenvalue weighted by Crippen LogP contribution is 2.26. The average molecular weight is 438 g/mol. The van der Waals surface area contributed by atoms with Crippen LogP contribution in [0.25, 0.3) is 33.8 Å². The van der Waals surface area contributed by atoms with Gasteiger partial charge in [0, 0.05) is 29.2 Å². The molecule has 0 fully saturated rings. The van der Waals surface area contributed by atoms with E-state index < -0.39 is 21.9 Å². The summed E-state index contributed by atoms with van der Waals surface area (Å²) >= 11 is 0. The number of H-pyrrole nitrogens is 2. The molecule has 0 atom stereocenters. The minimum absolute atomic E-state index is 0.153. The fourth-order valence-electron chi connectivity index (χ4n) is 4.13. The first-order chi connectivity index (χ1) is 16.0. The third kappa shape index (κ3) is 3.74. The van der Waals surface area contributed by atoms with Gasteiger partial charge < -0.3 is 9.55 Å². The second kappa shape index (κ2) is 8.08. The third-order valence-electron chi connectivity index (χ3n) is 5.60. The molecule has 2 heterocycles. The molecule has 2 N–H and O–H groups in total. The number of rotatable bonds is 5. The van der Waals surface area contributed by atoms with Crippen molar-refractivity contribution < 1.29 is 4.92 Å². The molecule has 0 unspecified atom stereocenters. The lowest BCUT2D eigenvalue weighted by Crippen LogP contribution is -2.25. The molecule has 33 heavy (non-hydrogen) atoms. The Morgan fingerprint density at radius 2 is 1.61 bits per heavy atom. The summed E-state index contributed by atoms with van der Waals surface area (Å²) in [7, 11) is 0. The zero-order valence-electron chi connectivity index (χ0n) is 17.3. The van der Waals surface area contributed by atoms with Gasteiger partial charge in [-0.2, -0.15) is 0 Å². The van der Waals surface area contributed by atoms with Crippen LogP contribution >= 0.6 is 0 Å². The molecule has 5 rings (SSSR count). The SMILES string of the molecule is O=c1[nH]c(/C=C/c2cn(Cc3cccc4ccccc34)c3ccccc23)c([N+](=O)[O-])c(=O)[nH]1. The van der Waals surface area contributed by atoms with Crippen molar-refractivity contribution in [2.24, 2.45) is 0 Å². The Morgan fingerprint density at radius 3 is 2.42 bits per heavy atom. The van der Waals surface area contributed by atoms with E-state index >= 15 is 0 Å². The predicted octanol–water partition coefficient (Wildman–Crippen LogP) is 4.30. The maximum Gasteiger partial charge on any atom is 0.357 e. The summed E-state index contributed by atoms with van der Waals surface area (Å²) in [4.78, 5) is 38.3. The standard InChI is InChI=1S/C25H18N4O4/c30-24-23(29(32)33)21(26-25(31)27-24)13-12-18-15-28(22-11-4-3-10-20(18)22)14-17-8-5-7-16-6-1-2-9-19(16)17/h1-13,15H,14H2,(H2,26,27,30,31)/b13-12+. The fourth-order valence-corrected chi connectivity index (χ4v) is 4.13. The second-order valence-electron chi connectivity index (χ2n) is 7.63. The molecular weight excluding hydrogens is 420 g/mol. The molecule has 0 saturated heterocycles. The van der Waals surface area contributed by atoms with Gasteiger partial charge in [0.25, 0.3) is 0 Å². The Balaban J connectivity index is 1.60. The number of benzene rings is 3. The first kappa shape index (κ1) is 20.2. The van der Waals surface area contributed by atoms with E-state index in [1.165, 1.54) is 17.0 Å². The molecule has 0 aliphatic rings. The van der Waals surface area contributed by atoms with Crippen molar-refractivity contribution in [3.05, 3.63) is 121 Å². The molecule has 8 heteroatoms. The van der Waals surface area contributed by atoms with Gasteiger partial charge in [-0.3, -0.25) is 19.9 Å².